The van der Waals surface area contributed by atoms with Crippen molar-refractivity contribution in [2.24, 2.45) is 22.7 Å². The van der Waals surface area contributed by atoms with E-state index in [1.165, 1.54) is 20.3 Å². The van der Waals surface area contributed by atoms with Crippen molar-refractivity contribution in [3.05, 3.63) is 0 Å². The molecule has 1 saturated carbocycles. The first-order valence-corrected chi connectivity index (χ1v) is 13.9. The molecule has 11 nitrogen and oxygen atoms in total. The number of esters is 1. The van der Waals surface area contributed by atoms with E-state index in [1.54, 1.807) is 48.5 Å². The van der Waals surface area contributed by atoms with Gasteiger partial charge in [0.1, 0.15) is 17.5 Å². The lowest BCUT2D eigenvalue weighted by molar-refractivity contribution is -0.147. The summed E-state index contributed by atoms with van der Waals surface area (Å²) in [5.74, 6) is -0.877. The van der Waals surface area contributed by atoms with Crippen molar-refractivity contribution in [3.8, 4) is 0 Å². The van der Waals surface area contributed by atoms with Gasteiger partial charge in [-0.25, -0.2) is 14.6 Å². The molecule has 1 aliphatic carbocycles. The van der Waals surface area contributed by atoms with Crippen molar-refractivity contribution in [3.63, 3.8) is 0 Å². The number of hydrogen-bond donors (Lipinski definition) is 1. The third-order valence-electron chi connectivity index (χ3n) is 6.51. The number of rotatable bonds is 9. The van der Waals surface area contributed by atoms with Crippen molar-refractivity contribution in [1.29, 1.82) is 0 Å². The van der Waals surface area contributed by atoms with Crippen LogP contribution >= 0.6 is 0 Å². The molecule has 39 heavy (non-hydrogen) atoms. The lowest BCUT2D eigenvalue weighted by atomic mass is 9.81. The summed E-state index contributed by atoms with van der Waals surface area (Å²) in [5.41, 5.74) is -1.61. The molecule has 1 fully saturated rings. The van der Waals surface area contributed by atoms with Crippen LogP contribution in [0, 0.1) is 17.8 Å². The molecule has 0 unspecified atom stereocenters. The molecule has 0 spiro atoms. The lowest BCUT2D eigenvalue weighted by Gasteiger charge is -2.34. The molecule has 0 bridgehead atoms. The molecule has 4 atom stereocenters. The molecule has 1 N–H and O–H groups in total. The maximum Gasteiger partial charge on any atom is 0.435 e. The van der Waals surface area contributed by atoms with Crippen molar-refractivity contribution >= 4 is 30.4 Å². The third-order valence-corrected chi connectivity index (χ3v) is 6.51. The van der Waals surface area contributed by atoms with Gasteiger partial charge in [-0.3, -0.25) is 14.6 Å². The Labute approximate surface area is 234 Å². The van der Waals surface area contributed by atoms with E-state index < -0.39 is 35.3 Å². The van der Waals surface area contributed by atoms with Crippen molar-refractivity contribution in [2.75, 3.05) is 13.7 Å². The molecule has 0 aromatic heterocycles. The maximum atomic E-state index is 13.1. The zero-order valence-electron chi connectivity index (χ0n) is 25.7. The largest absolute Gasteiger partial charge is 0.466 e. The number of amides is 3. The average molecular weight is 555 g/mol. The summed E-state index contributed by atoms with van der Waals surface area (Å²) in [5, 5.41) is 5.07. The van der Waals surface area contributed by atoms with Gasteiger partial charge in [-0.05, 0) is 67.2 Å². The van der Waals surface area contributed by atoms with Gasteiger partial charge >= 0.3 is 18.2 Å². The van der Waals surface area contributed by atoms with Crippen LogP contribution in [0.25, 0.3) is 0 Å². The van der Waals surface area contributed by atoms with Crippen LogP contribution in [0.1, 0.15) is 94.9 Å². The number of hydrogen-bond acceptors (Lipinski definition) is 8. The fourth-order valence-corrected chi connectivity index (χ4v) is 4.78. The maximum absolute atomic E-state index is 13.1. The topological polar surface area (TPSA) is 127 Å². The highest BCUT2D eigenvalue weighted by atomic mass is 16.6. The molecule has 0 aromatic carbocycles. The quantitative estimate of drug-likeness (QED) is 0.141. The highest BCUT2D eigenvalue weighted by Gasteiger charge is 2.44. The molecule has 0 radical (unpaired) electrons. The summed E-state index contributed by atoms with van der Waals surface area (Å²) in [4.78, 5) is 55.5. The molecule has 0 heterocycles. The molecular formula is C28H50N4O7. The molecule has 1 rings (SSSR count). The Morgan fingerprint density at radius 3 is 1.95 bits per heavy atom. The molecule has 0 aliphatic heterocycles. The first-order valence-electron chi connectivity index (χ1n) is 13.9. The zero-order valence-corrected chi connectivity index (χ0v) is 25.7. The Hall–Kier alpha value is -2.85. The van der Waals surface area contributed by atoms with E-state index in [0.717, 1.165) is 22.9 Å². The second-order valence-electron chi connectivity index (χ2n) is 12.0. The smallest absolute Gasteiger partial charge is 0.435 e. The fraction of sp³-hybridized carbons (Fsp3) is 0.821. The SMILES string of the molecule is CCOC(=O)[C@@H]1C[C@@H]([C@@H](NC(C)=O)C(CC)CC)[C@H](N=CN(C(=O)OC(C)(C)C)N(C)C(=O)OC(C)(C)C)C1. The van der Waals surface area contributed by atoms with Gasteiger partial charge in [-0.1, -0.05) is 26.7 Å². The second kappa shape index (κ2) is 14.5. The summed E-state index contributed by atoms with van der Waals surface area (Å²) in [6.45, 7) is 18.0. The first-order chi connectivity index (χ1) is 17.9. The van der Waals surface area contributed by atoms with Gasteiger partial charge in [-0.15, -0.1) is 0 Å². The van der Waals surface area contributed by atoms with Crippen LogP contribution in [0.15, 0.2) is 4.99 Å². The summed E-state index contributed by atoms with van der Waals surface area (Å²) in [7, 11) is 1.39. The first kappa shape index (κ1) is 34.2. The van der Waals surface area contributed by atoms with Crippen LogP contribution in [-0.4, -0.2) is 77.4 Å². The number of carbonyl (C=O) groups is 4. The zero-order chi connectivity index (χ0) is 30.1. The van der Waals surface area contributed by atoms with Gasteiger partial charge in [0.25, 0.3) is 0 Å². The Morgan fingerprint density at radius 1 is 0.949 bits per heavy atom. The molecule has 0 aromatic rings. The van der Waals surface area contributed by atoms with Crippen LogP contribution in [0.2, 0.25) is 0 Å². The van der Waals surface area contributed by atoms with Gasteiger partial charge in [0, 0.05) is 25.9 Å². The number of aliphatic imine (C=N–C) groups is 1. The van der Waals surface area contributed by atoms with Gasteiger partial charge in [0.05, 0.1) is 18.6 Å². The van der Waals surface area contributed by atoms with E-state index >= 15 is 0 Å². The Bertz CT molecular complexity index is 874. The summed E-state index contributed by atoms with van der Waals surface area (Å²) in [6.07, 6.45) is 2.22. The van der Waals surface area contributed by atoms with Gasteiger partial charge < -0.3 is 19.5 Å². The minimum absolute atomic E-state index is 0.158. The molecule has 3 amide bonds. The highest BCUT2D eigenvalue weighted by molar-refractivity contribution is 5.85. The molecular weight excluding hydrogens is 504 g/mol. The molecule has 0 saturated heterocycles. The van der Waals surface area contributed by atoms with Crippen molar-refractivity contribution < 1.29 is 33.4 Å². The van der Waals surface area contributed by atoms with Crippen molar-refractivity contribution in [2.45, 2.75) is 118 Å². The van der Waals surface area contributed by atoms with Crippen LogP contribution in [0.3, 0.4) is 0 Å². The normalized spacial score (nSPS) is 20.5. The standard InChI is InChI=1S/C28H50N4O7/c1-12-19(13-2)23(30-18(4)33)21-15-20(24(34)37-14-3)16-22(21)29-17-32(26(36)39-28(8,9)10)31(11)25(35)38-27(5,6)7/h17,19-23H,12-16H2,1-11H3,(H,30,33)/t20-,21-,22-,23+/m1/s1. The number of nitrogens with one attached hydrogen (secondary N) is 1. The Kier molecular flexibility index (Phi) is 12.7. The minimum atomic E-state index is -0.825. The number of nitrogens with zero attached hydrogens (tertiary/aromatic N) is 3. The number of hydrazine groups is 1. The van der Waals surface area contributed by atoms with Gasteiger partial charge in [0.15, 0.2) is 0 Å². The van der Waals surface area contributed by atoms with Crippen molar-refractivity contribution in [1.82, 2.24) is 15.3 Å². The van der Waals surface area contributed by atoms with Crippen LogP contribution in [-0.2, 0) is 23.8 Å². The Balaban J connectivity index is 3.47. The van der Waals surface area contributed by atoms with Crippen LogP contribution in [0.4, 0.5) is 9.59 Å². The molecule has 224 valence electrons. The highest BCUT2D eigenvalue weighted by Crippen LogP contribution is 2.39. The third kappa shape index (κ3) is 11.0. The van der Waals surface area contributed by atoms with E-state index in [9.17, 15) is 19.2 Å². The number of ether oxygens (including phenoxy) is 3. The van der Waals surface area contributed by atoms with Crippen LogP contribution in [0.5, 0.6) is 0 Å². The number of carbonyl (C=O) groups excluding carboxylic acids is 4. The van der Waals surface area contributed by atoms with E-state index in [4.69, 9.17) is 19.2 Å². The summed E-state index contributed by atoms with van der Waals surface area (Å²) in [6, 6.07) is -0.647. The summed E-state index contributed by atoms with van der Waals surface area (Å²) < 4.78 is 16.3. The molecule has 1 aliphatic rings. The predicted molar refractivity (Wildman–Crippen MR) is 149 cm³/mol. The van der Waals surface area contributed by atoms with E-state index in [2.05, 4.69) is 19.2 Å². The van der Waals surface area contributed by atoms with E-state index in [-0.39, 0.29) is 36.4 Å². The van der Waals surface area contributed by atoms with E-state index in [0.29, 0.717) is 12.8 Å². The van der Waals surface area contributed by atoms with Gasteiger partial charge in [-0.2, -0.15) is 5.01 Å². The Morgan fingerprint density at radius 2 is 1.49 bits per heavy atom. The second-order valence-corrected chi connectivity index (χ2v) is 12.0. The minimum Gasteiger partial charge on any atom is -0.466 e. The van der Waals surface area contributed by atoms with Gasteiger partial charge in [0.2, 0.25) is 5.91 Å². The predicted octanol–water partition coefficient (Wildman–Crippen LogP) is 4.93. The van der Waals surface area contributed by atoms with E-state index in [1.807, 2.05) is 0 Å². The molecule has 11 heteroatoms. The lowest BCUT2D eigenvalue weighted by Crippen LogP contribution is -2.50. The fourth-order valence-electron chi connectivity index (χ4n) is 4.78. The van der Waals surface area contributed by atoms with Crippen LogP contribution < -0.4 is 5.32 Å². The summed E-state index contributed by atoms with van der Waals surface area (Å²) >= 11 is 0. The monoisotopic (exact) mass is 554 g/mol. The average Bonchev–Trinajstić information content (AvgIpc) is 3.21.